The second kappa shape index (κ2) is 8.45. The number of ether oxygens (including phenoxy) is 1. The number of phenols is 1. The maximum absolute atomic E-state index is 11.2. The first-order valence-electron chi connectivity index (χ1n) is 8.62. The highest BCUT2D eigenvalue weighted by Gasteiger charge is 2.26. The lowest BCUT2D eigenvalue weighted by Gasteiger charge is -2.28. The number of aliphatic hydroxyl groups excluding tert-OH is 1. The number of hydrogen-bond donors (Lipinski definition) is 2. The number of thioether (sulfide) groups is 1. The summed E-state index contributed by atoms with van der Waals surface area (Å²) in [6.45, 7) is 12.5. The van der Waals surface area contributed by atoms with Crippen LogP contribution in [-0.4, -0.2) is 35.1 Å². The Morgan fingerprint density at radius 3 is 2.00 bits per heavy atom. The Morgan fingerprint density at radius 1 is 1.12 bits per heavy atom. The number of esters is 1. The van der Waals surface area contributed by atoms with E-state index in [9.17, 15) is 15.0 Å². The van der Waals surface area contributed by atoms with Crippen LogP contribution in [0.5, 0.6) is 5.75 Å². The van der Waals surface area contributed by atoms with Crippen LogP contribution in [0.15, 0.2) is 17.0 Å². The number of carbonyl (C=O) groups is 1. The minimum Gasteiger partial charge on any atom is -0.507 e. The zero-order chi connectivity index (χ0) is 19.4. The molecule has 0 heterocycles. The maximum atomic E-state index is 11.2. The fourth-order valence-corrected chi connectivity index (χ4v) is 3.55. The molecule has 0 bridgehead atoms. The smallest absolute Gasteiger partial charge is 0.308 e. The van der Waals surface area contributed by atoms with Crippen molar-refractivity contribution in [3.8, 4) is 5.75 Å². The van der Waals surface area contributed by atoms with Crippen LogP contribution in [0.1, 0.15) is 65.5 Å². The van der Waals surface area contributed by atoms with Gasteiger partial charge in [0.25, 0.3) is 0 Å². The predicted octanol–water partition coefficient (Wildman–Crippen LogP) is 4.39. The van der Waals surface area contributed by atoms with Crippen molar-refractivity contribution >= 4 is 17.7 Å². The number of carbonyl (C=O) groups excluding carboxylic acids is 1. The Labute approximate surface area is 156 Å². The highest BCUT2D eigenvalue weighted by atomic mass is 32.2. The Hall–Kier alpha value is -1.20. The van der Waals surface area contributed by atoms with Crippen LogP contribution in [0.4, 0.5) is 0 Å². The first-order valence-corrected chi connectivity index (χ1v) is 9.60. The van der Waals surface area contributed by atoms with E-state index < -0.39 is 12.1 Å². The quantitative estimate of drug-likeness (QED) is 0.576. The van der Waals surface area contributed by atoms with Crippen molar-refractivity contribution in [3.63, 3.8) is 0 Å². The summed E-state index contributed by atoms with van der Waals surface area (Å²) >= 11 is 1.63. The van der Waals surface area contributed by atoms with Gasteiger partial charge in [-0.05, 0) is 29.4 Å². The summed E-state index contributed by atoms with van der Waals surface area (Å²) < 4.78 is 4.57. The zero-order valence-electron chi connectivity index (χ0n) is 16.5. The van der Waals surface area contributed by atoms with Crippen LogP contribution >= 0.6 is 11.8 Å². The van der Waals surface area contributed by atoms with E-state index in [0.717, 1.165) is 16.0 Å². The summed E-state index contributed by atoms with van der Waals surface area (Å²) in [5.74, 6) is 0.665. The molecule has 1 rings (SSSR count). The van der Waals surface area contributed by atoms with Crippen LogP contribution in [0.25, 0.3) is 0 Å². The molecule has 1 unspecified atom stereocenters. The highest BCUT2D eigenvalue weighted by molar-refractivity contribution is 7.99. The van der Waals surface area contributed by atoms with Crippen LogP contribution in [0, 0.1) is 0 Å². The number of aromatic hydroxyl groups is 1. The van der Waals surface area contributed by atoms with Crippen LogP contribution in [-0.2, 0) is 20.4 Å². The highest BCUT2D eigenvalue weighted by Crippen LogP contribution is 2.41. The molecule has 0 amide bonds. The van der Waals surface area contributed by atoms with E-state index in [2.05, 4.69) is 46.3 Å². The molecule has 0 radical (unpaired) electrons. The Morgan fingerprint density at radius 2 is 1.60 bits per heavy atom. The second-order valence-electron chi connectivity index (χ2n) is 8.44. The molecule has 0 aliphatic rings. The molecule has 1 aromatic rings. The standard InChI is InChI=1S/C20H32O4S/c1-19(2,3)15-11-14(12-16(18(15)23)20(4,5)6)25-9-8-13(21)10-17(22)24-7/h11-13,21,23H,8-10H2,1-7H3. The fraction of sp³-hybridized carbons (Fsp3) is 0.650. The molecule has 1 atom stereocenters. The summed E-state index contributed by atoms with van der Waals surface area (Å²) in [6, 6.07) is 4.06. The lowest BCUT2D eigenvalue weighted by atomic mass is 9.79. The van der Waals surface area contributed by atoms with Crippen LogP contribution in [0.3, 0.4) is 0 Å². The summed E-state index contributed by atoms with van der Waals surface area (Å²) in [4.78, 5) is 12.3. The third-order valence-corrected chi connectivity index (χ3v) is 5.06. The number of rotatable bonds is 6. The first kappa shape index (κ1) is 21.8. The van der Waals surface area contributed by atoms with E-state index in [4.69, 9.17) is 0 Å². The third-order valence-electron chi connectivity index (χ3n) is 4.05. The van der Waals surface area contributed by atoms with Gasteiger partial charge in [0.05, 0.1) is 19.6 Å². The summed E-state index contributed by atoms with van der Waals surface area (Å²) in [5, 5.41) is 20.6. The van der Waals surface area contributed by atoms with E-state index in [1.807, 2.05) is 12.1 Å². The number of benzene rings is 1. The zero-order valence-corrected chi connectivity index (χ0v) is 17.3. The van der Waals surface area contributed by atoms with E-state index in [-0.39, 0.29) is 17.3 Å². The molecule has 1 aromatic carbocycles. The monoisotopic (exact) mass is 368 g/mol. The normalized spacial score (nSPS) is 13.6. The summed E-state index contributed by atoms with van der Waals surface area (Å²) in [7, 11) is 1.32. The minimum atomic E-state index is -0.693. The van der Waals surface area contributed by atoms with Gasteiger partial charge in [-0.3, -0.25) is 4.79 Å². The van der Waals surface area contributed by atoms with Crippen molar-refractivity contribution in [2.75, 3.05) is 12.9 Å². The molecule has 0 aliphatic carbocycles. The lowest BCUT2D eigenvalue weighted by Crippen LogP contribution is -2.17. The molecular formula is C20H32O4S. The van der Waals surface area contributed by atoms with Gasteiger partial charge in [0.15, 0.2) is 0 Å². The topological polar surface area (TPSA) is 66.8 Å². The van der Waals surface area contributed by atoms with Gasteiger partial charge in [-0.15, -0.1) is 11.8 Å². The molecule has 0 saturated carbocycles. The van der Waals surface area contributed by atoms with Crippen molar-refractivity contribution in [2.24, 2.45) is 0 Å². The Kier molecular flexibility index (Phi) is 7.39. The van der Waals surface area contributed by atoms with Gasteiger partial charge in [0.2, 0.25) is 0 Å². The van der Waals surface area contributed by atoms with Crippen molar-refractivity contribution in [2.45, 2.75) is 76.2 Å². The fourth-order valence-electron chi connectivity index (χ4n) is 2.53. The summed E-state index contributed by atoms with van der Waals surface area (Å²) in [6.07, 6.45) is -0.162. The molecule has 0 aliphatic heterocycles. The molecule has 4 nitrogen and oxygen atoms in total. The second-order valence-corrected chi connectivity index (χ2v) is 9.61. The third kappa shape index (κ3) is 6.55. The van der Waals surface area contributed by atoms with Gasteiger partial charge in [0.1, 0.15) is 5.75 Å². The summed E-state index contributed by atoms with van der Waals surface area (Å²) in [5.41, 5.74) is 1.53. The van der Waals surface area contributed by atoms with Gasteiger partial charge in [-0.2, -0.15) is 0 Å². The van der Waals surface area contributed by atoms with Gasteiger partial charge >= 0.3 is 5.97 Å². The van der Waals surface area contributed by atoms with Crippen molar-refractivity contribution < 1.29 is 19.7 Å². The van der Waals surface area contributed by atoms with Crippen molar-refractivity contribution in [1.82, 2.24) is 0 Å². The van der Waals surface area contributed by atoms with Gasteiger partial charge in [0, 0.05) is 21.8 Å². The predicted molar refractivity (Wildman–Crippen MR) is 103 cm³/mol. The van der Waals surface area contributed by atoms with E-state index in [0.29, 0.717) is 17.9 Å². The molecule has 0 aromatic heterocycles. The molecule has 25 heavy (non-hydrogen) atoms. The number of hydrogen-bond acceptors (Lipinski definition) is 5. The van der Waals surface area contributed by atoms with Gasteiger partial charge in [-0.25, -0.2) is 0 Å². The van der Waals surface area contributed by atoms with Crippen LogP contribution in [0.2, 0.25) is 0 Å². The molecule has 0 spiro atoms. The average molecular weight is 369 g/mol. The van der Waals surface area contributed by atoms with Crippen molar-refractivity contribution in [1.29, 1.82) is 0 Å². The van der Waals surface area contributed by atoms with Gasteiger partial charge in [-0.1, -0.05) is 41.5 Å². The Balaban J connectivity index is 2.95. The molecule has 0 saturated heterocycles. The van der Waals surface area contributed by atoms with Gasteiger partial charge < -0.3 is 14.9 Å². The number of aliphatic hydroxyl groups is 1. The Bertz CT molecular complexity index is 562. The SMILES string of the molecule is COC(=O)CC(O)CCSc1cc(C(C)(C)C)c(O)c(C(C)(C)C)c1. The van der Waals surface area contributed by atoms with Crippen molar-refractivity contribution in [3.05, 3.63) is 23.3 Å². The number of phenolic OH excluding ortho intramolecular Hbond substituents is 1. The molecule has 5 heteroatoms. The minimum absolute atomic E-state index is 0.0210. The van der Waals surface area contributed by atoms with E-state index in [1.165, 1.54) is 7.11 Å². The molecule has 2 N–H and O–H groups in total. The van der Waals surface area contributed by atoms with Crippen LogP contribution < -0.4 is 0 Å². The maximum Gasteiger partial charge on any atom is 0.308 e. The first-order chi connectivity index (χ1) is 11.4. The molecular weight excluding hydrogens is 336 g/mol. The van der Waals surface area contributed by atoms with E-state index in [1.54, 1.807) is 11.8 Å². The lowest BCUT2D eigenvalue weighted by molar-refractivity contribution is -0.142. The molecule has 0 fully saturated rings. The average Bonchev–Trinajstić information content (AvgIpc) is 2.46. The van der Waals surface area contributed by atoms with E-state index >= 15 is 0 Å². The molecule has 142 valence electrons. The number of methoxy groups -OCH3 is 1. The largest absolute Gasteiger partial charge is 0.507 e.